The molecule has 0 saturated carbocycles. The first kappa shape index (κ1) is 16.3. The smallest absolute Gasteiger partial charge is 0.250 e. The molecule has 122 valence electrons. The van der Waals surface area contributed by atoms with Crippen molar-refractivity contribution in [3.05, 3.63) is 57.5 Å². The van der Waals surface area contributed by atoms with Crippen molar-refractivity contribution in [1.82, 2.24) is 15.2 Å². The second-order valence-corrected chi connectivity index (χ2v) is 6.65. The molecule has 0 fully saturated rings. The monoisotopic (exact) mass is 358 g/mol. The predicted molar refractivity (Wildman–Crippen MR) is 95.2 cm³/mol. The highest BCUT2D eigenvalue weighted by Gasteiger charge is 2.05. The van der Waals surface area contributed by atoms with Crippen LogP contribution in [0.5, 0.6) is 5.75 Å². The molecule has 2 aromatic heterocycles. The van der Waals surface area contributed by atoms with Crippen LogP contribution in [-0.2, 0) is 11.4 Å². The number of aromatic nitrogens is 3. The largest absolute Gasteiger partial charge is 0.487 e. The zero-order valence-corrected chi connectivity index (χ0v) is 14.4. The summed E-state index contributed by atoms with van der Waals surface area (Å²) in [5.41, 5.74) is 3.27. The molecule has 0 aliphatic heterocycles. The number of aryl methyl sites for hydroxylation is 1. The number of anilines is 1. The van der Waals surface area contributed by atoms with E-state index in [0.29, 0.717) is 17.5 Å². The van der Waals surface area contributed by atoms with Gasteiger partial charge in [0.05, 0.1) is 10.7 Å². The Morgan fingerprint density at radius 2 is 2.21 bits per heavy atom. The zero-order valence-electron chi connectivity index (χ0n) is 12.8. The van der Waals surface area contributed by atoms with Crippen molar-refractivity contribution in [2.75, 3.05) is 5.32 Å². The molecule has 0 unspecified atom stereocenters. The van der Waals surface area contributed by atoms with E-state index >= 15 is 0 Å². The first-order valence-corrected chi connectivity index (χ1v) is 8.85. The Morgan fingerprint density at radius 1 is 1.33 bits per heavy atom. The van der Waals surface area contributed by atoms with Gasteiger partial charge < -0.3 is 4.74 Å². The summed E-state index contributed by atoms with van der Waals surface area (Å²) in [6.07, 6.45) is 3.15. The quantitative estimate of drug-likeness (QED) is 0.682. The molecule has 0 atom stereocenters. The lowest BCUT2D eigenvalue weighted by Gasteiger charge is -2.07. The Labute approximate surface area is 146 Å². The SMILES string of the molecule is Cc1nc(COc2ccccc2/C=C/C(=O)Nc2nncs2)cs1. The van der Waals surface area contributed by atoms with Crippen molar-refractivity contribution in [2.45, 2.75) is 13.5 Å². The second kappa shape index (κ2) is 7.80. The van der Waals surface area contributed by atoms with Gasteiger partial charge in [0, 0.05) is 17.0 Å². The van der Waals surface area contributed by atoms with Gasteiger partial charge >= 0.3 is 0 Å². The van der Waals surface area contributed by atoms with Crippen LogP contribution in [0.25, 0.3) is 6.08 Å². The summed E-state index contributed by atoms with van der Waals surface area (Å²) in [5, 5.41) is 13.5. The van der Waals surface area contributed by atoms with Gasteiger partial charge in [-0.3, -0.25) is 10.1 Å². The predicted octanol–water partition coefficient (Wildman–Crippen LogP) is 3.53. The van der Waals surface area contributed by atoms with Crippen LogP contribution in [0.1, 0.15) is 16.3 Å². The second-order valence-electron chi connectivity index (χ2n) is 4.75. The molecule has 0 aliphatic carbocycles. The lowest BCUT2D eigenvalue weighted by atomic mass is 10.2. The Bertz CT molecular complexity index is 843. The lowest BCUT2D eigenvalue weighted by Crippen LogP contribution is -2.07. The fourth-order valence-corrected chi connectivity index (χ4v) is 2.96. The van der Waals surface area contributed by atoms with E-state index in [-0.39, 0.29) is 5.91 Å². The average molecular weight is 358 g/mol. The van der Waals surface area contributed by atoms with E-state index in [0.717, 1.165) is 16.3 Å². The molecule has 1 N–H and O–H groups in total. The molecule has 0 bridgehead atoms. The number of hydrogen-bond donors (Lipinski definition) is 1. The maximum Gasteiger partial charge on any atom is 0.250 e. The van der Waals surface area contributed by atoms with Crippen LogP contribution in [0.4, 0.5) is 5.13 Å². The van der Waals surface area contributed by atoms with Crippen molar-refractivity contribution in [3.63, 3.8) is 0 Å². The minimum Gasteiger partial charge on any atom is -0.487 e. The summed E-state index contributed by atoms with van der Waals surface area (Å²) in [6.45, 7) is 2.35. The molecule has 1 aromatic carbocycles. The lowest BCUT2D eigenvalue weighted by molar-refractivity contribution is -0.111. The van der Waals surface area contributed by atoms with E-state index in [4.69, 9.17) is 4.74 Å². The third-order valence-corrected chi connectivity index (χ3v) is 4.39. The first-order valence-electron chi connectivity index (χ1n) is 7.09. The highest BCUT2D eigenvalue weighted by atomic mass is 32.1. The molecule has 24 heavy (non-hydrogen) atoms. The van der Waals surface area contributed by atoms with Crippen LogP contribution < -0.4 is 10.1 Å². The number of para-hydroxylation sites is 1. The third kappa shape index (κ3) is 4.46. The molecular weight excluding hydrogens is 344 g/mol. The zero-order chi connectivity index (χ0) is 16.8. The summed E-state index contributed by atoms with van der Waals surface area (Å²) >= 11 is 2.86. The van der Waals surface area contributed by atoms with Crippen molar-refractivity contribution < 1.29 is 9.53 Å². The Kier molecular flexibility index (Phi) is 5.29. The van der Waals surface area contributed by atoms with E-state index in [2.05, 4.69) is 20.5 Å². The van der Waals surface area contributed by atoms with Gasteiger partial charge in [0.2, 0.25) is 11.0 Å². The molecule has 0 radical (unpaired) electrons. The fraction of sp³-hybridized carbons (Fsp3) is 0.125. The first-order chi connectivity index (χ1) is 11.7. The minimum atomic E-state index is -0.267. The Balaban J connectivity index is 1.64. The van der Waals surface area contributed by atoms with Crippen molar-refractivity contribution in [2.24, 2.45) is 0 Å². The van der Waals surface area contributed by atoms with E-state index < -0.39 is 0 Å². The highest BCUT2D eigenvalue weighted by molar-refractivity contribution is 7.13. The molecule has 0 spiro atoms. The van der Waals surface area contributed by atoms with Crippen molar-refractivity contribution >= 4 is 39.8 Å². The molecular formula is C16H14N4O2S2. The molecule has 0 aliphatic rings. The van der Waals surface area contributed by atoms with Gasteiger partial charge in [-0.1, -0.05) is 29.5 Å². The van der Waals surface area contributed by atoms with Crippen LogP contribution in [0.15, 0.2) is 41.2 Å². The van der Waals surface area contributed by atoms with Crippen LogP contribution in [0, 0.1) is 6.92 Å². The minimum absolute atomic E-state index is 0.267. The Morgan fingerprint density at radius 3 is 2.96 bits per heavy atom. The van der Waals surface area contributed by atoms with Gasteiger partial charge in [-0.25, -0.2) is 4.98 Å². The van der Waals surface area contributed by atoms with Crippen molar-refractivity contribution in [3.8, 4) is 5.75 Å². The van der Waals surface area contributed by atoms with Gasteiger partial charge in [-0.15, -0.1) is 21.5 Å². The number of thiazole rings is 1. The number of ether oxygens (including phenoxy) is 1. The van der Waals surface area contributed by atoms with Gasteiger partial charge in [0.1, 0.15) is 17.9 Å². The number of benzene rings is 1. The van der Waals surface area contributed by atoms with E-state index in [9.17, 15) is 4.79 Å². The number of nitrogens with zero attached hydrogens (tertiary/aromatic N) is 3. The van der Waals surface area contributed by atoms with Crippen LogP contribution in [0.2, 0.25) is 0 Å². The summed E-state index contributed by atoms with van der Waals surface area (Å²) < 4.78 is 5.82. The van der Waals surface area contributed by atoms with Gasteiger partial charge in [0.25, 0.3) is 0 Å². The molecule has 2 heterocycles. The van der Waals surface area contributed by atoms with Gasteiger partial charge in [0.15, 0.2) is 0 Å². The van der Waals surface area contributed by atoms with Crippen molar-refractivity contribution in [1.29, 1.82) is 0 Å². The number of hydrogen-bond acceptors (Lipinski definition) is 7. The number of carbonyl (C=O) groups excluding carboxylic acids is 1. The molecule has 3 rings (SSSR count). The number of amides is 1. The third-order valence-electron chi connectivity index (χ3n) is 2.97. The maximum absolute atomic E-state index is 11.9. The summed E-state index contributed by atoms with van der Waals surface area (Å²) in [6, 6.07) is 7.53. The molecule has 1 amide bonds. The summed E-state index contributed by atoms with van der Waals surface area (Å²) in [4.78, 5) is 16.2. The number of nitrogens with one attached hydrogen (secondary N) is 1. The maximum atomic E-state index is 11.9. The van der Waals surface area contributed by atoms with Crippen LogP contribution >= 0.6 is 22.7 Å². The Hall–Kier alpha value is -2.58. The standard InChI is InChI=1S/C16H14N4O2S2/c1-11-18-13(9-23-11)8-22-14-5-3-2-4-12(14)6-7-15(21)19-16-20-17-10-24-16/h2-7,9-10H,8H2,1H3,(H,19,20,21)/b7-6+. The fourth-order valence-electron chi connectivity index (χ4n) is 1.92. The molecule has 3 aromatic rings. The number of carbonyl (C=O) groups is 1. The van der Waals surface area contributed by atoms with Gasteiger partial charge in [-0.2, -0.15) is 0 Å². The molecule has 8 heteroatoms. The summed E-state index contributed by atoms with van der Waals surface area (Å²) in [7, 11) is 0. The van der Waals surface area contributed by atoms with Gasteiger partial charge in [-0.05, 0) is 19.1 Å². The average Bonchev–Trinajstić information content (AvgIpc) is 3.23. The normalized spacial score (nSPS) is 10.9. The van der Waals surface area contributed by atoms with E-state index in [1.807, 2.05) is 36.6 Å². The van der Waals surface area contributed by atoms with Crippen LogP contribution in [0.3, 0.4) is 0 Å². The topological polar surface area (TPSA) is 77.0 Å². The van der Waals surface area contributed by atoms with E-state index in [1.54, 1.807) is 22.9 Å². The highest BCUT2D eigenvalue weighted by Crippen LogP contribution is 2.21. The molecule has 0 saturated heterocycles. The summed E-state index contributed by atoms with van der Waals surface area (Å²) in [5.74, 6) is 0.430. The van der Waals surface area contributed by atoms with Crippen LogP contribution in [-0.4, -0.2) is 21.1 Å². The molecule has 6 nitrogen and oxygen atoms in total. The van der Waals surface area contributed by atoms with E-state index in [1.165, 1.54) is 17.4 Å². The number of rotatable bonds is 6.